The van der Waals surface area contributed by atoms with Gasteiger partial charge >= 0.3 is 0 Å². The van der Waals surface area contributed by atoms with E-state index < -0.39 is 0 Å². The monoisotopic (exact) mass is 282 g/mol. The Hall–Kier alpha value is -1.26. The van der Waals surface area contributed by atoms with E-state index in [-0.39, 0.29) is 18.4 Å². The van der Waals surface area contributed by atoms with Crippen LogP contribution in [0.15, 0.2) is 18.2 Å². The minimum Gasteiger partial charge on any atom is -0.392 e. The van der Waals surface area contributed by atoms with E-state index in [0.717, 1.165) is 24.1 Å². The van der Waals surface area contributed by atoms with Crippen molar-refractivity contribution in [2.24, 2.45) is 11.7 Å². The molecule has 5 heteroatoms. The number of hydrogen-bond donors (Lipinski definition) is 2. The van der Waals surface area contributed by atoms with Crippen LogP contribution >= 0.6 is 11.6 Å². The smallest absolute Gasteiger partial charge is 0.222 e. The lowest BCUT2D eigenvalue weighted by molar-refractivity contribution is -0.122. The Kier molecular flexibility index (Phi) is 4.32. The first-order valence-corrected chi connectivity index (χ1v) is 6.86. The molecular weight excluding hydrogens is 264 g/mol. The third-order valence-electron chi connectivity index (χ3n) is 3.81. The maximum absolute atomic E-state index is 11.4. The van der Waals surface area contributed by atoms with Crippen LogP contribution in [0.4, 0.5) is 5.69 Å². The molecule has 3 N–H and O–H groups in total. The highest BCUT2D eigenvalue weighted by Gasteiger charge is 2.29. The number of benzene rings is 1. The predicted molar refractivity (Wildman–Crippen MR) is 76.1 cm³/mol. The fourth-order valence-electron chi connectivity index (χ4n) is 2.61. The fourth-order valence-corrected chi connectivity index (χ4v) is 2.78. The van der Waals surface area contributed by atoms with Gasteiger partial charge in [0.15, 0.2) is 0 Å². The summed E-state index contributed by atoms with van der Waals surface area (Å²) in [5, 5.41) is 10.1. The van der Waals surface area contributed by atoms with Gasteiger partial charge in [-0.15, -0.1) is 0 Å². The summed E-state index contributed by atoms with van der Waals surface area (Å²) in [5.74, 6) is -0.397. The number of aliphatic hydroxyl groups is 1. The lowest BCUT2D eigenvalue weighted by Crippen LogP contribution is -2.46. The first-order chi connectivity index (χ1) is 9.02. The Morgan fingerprint density at radius 2 is 2.26 bits per heavy atom. The molecule has 1 saturated heterocycles. The van der Waals surface area contributed by atoms with Crippen LogP contribution < -0.4 is 10.6 Å². The van der Waals surface area contributed by atoms with E-state index in [1.165, 1.54) is 0 Å². The molecule has 0 spiro atoms. The maximum Gasteiger partial charge on any atom is 0.222 e. The number of hydrogen-bond acceptors (Lipinski definition) is 3. The number of piperidine rings is 1. The van der Waals surface area contributed by atoms with Crippen molar-refractivity contribution in [1.29, 1.82) is 0 Å². The van der Waals surface area contributed by atoms with Gasteiger partial charge in [0.05, 0.1) is 12.5 Å². The minimum absolute atomic E-state index is 0.0447. The number of nitrogens with two attached hydrogens (primary N) is 1. The van der Waals surface area contributed by atoms with Crippen molar-refractivity contribution in [3.05, 3.63) is 28.8 Å². The minimum atomic E-state index is -0.260. The predicted octanol–water partition coefficient (Wildman–Crippen LogP) is 1.92. The number of nitrogens with zero attached hydrogens (tertiary/aromatic N) is 1. The van der Waals surface area contributed by atoms with Gasteiger partial charge in [0.2, 0.25) is 5.91 Å². The zero-order valence-electron chi connectivity index (χ0n) is 11.0. The fraction of sp³-hybridized carbons (Fsp3) is 0.500. The average molecular weight is 283 g/mol. The molecule has 0 aliphatic carbocycles. The number of rotatable bonds is 3. The molecular formula is C14H19ClN2O2. The van der Waals surface area contributed by atoms with Crippen LogP contribution in [-0.2, 0) is 11.4 Å². The lowest BCUT2D eigenvalue weighted by Gasteiger charge is -2.39. The second kappa shape index (κ2) is 5.80. The van der Waals surface area contributed by atoms with Crippen LogP contribution in [0, 0.1) is 5.92 Å². The first kappa shape index (κ1) is 14.2. The van der Waals surface area contributed by atoms with E-state index in [1.54, 1.807) is 6.07 Å². The number of anilines is 1. The topological polar surface area (TPSA) is 66.6 Å². The molecule has 1 aliphatic rings. The molecule has 19 heavy (non-hydrogen) atoms. The molecule has 1 amide bonds. The summed E-state index contributed by atoms with van der Waals surface area (Å²) in [6.07, 6.45) is 1.73. The number of aliphatic hydroxyl groups excluding tert-OH is 1. The molecule has 1 heterocycles. The second-order valence-corrected chi connectivity index (χ2v) is 5.55. The van der Waals surface area contributed by atoms with Gasteiger partial charge in [-0.3, -0.25) is 4.79 Å². The van der Waals surface area contributed by atoms with Crippen molar-refractivity contribution in [1.82, 2.24) is 0 Å². The van der Waals surface area contributed by atoms with Crippen LogP contribution in [0.5, 0.6) is 0 Å². The zero-order valence-corrected chi connectivity index (χ0v) is 11.7. The normalized spacial score (nSPS) is 23.4. The van der Waals surface area contributed by atoms with E-state index in [0.29, 0.717) is 17.6 Å². The molecule has 0 aromatic heterocycles. The zero-order chi connectivity index (χ0) is 14.0. The second-order valence-electron chi connectivity index (χ2n) is 5.11. The first-order valence-electron chi connectivity index (χ1n) is 6.48. The molecule has 2 atom stereocenters. The molecule has 1 aromatic carbocycles. The Morgan fingerprint density at radius 3 is 2.89 bits per heavy atom. The highest BCUT2D eigenvalue weighted by Crippen LogP contribution is 2.32. The molecule has 4 nitrogen and oxygen atoms in total. The summed E-state index contributed by atoms with van der Waals surface area (Å²) in [6, 6.07) is 5.72. The summed E-state index contributed by atoms with van der Waals surface area (Å²) >= 11 is 6.04. The number of amides is 1. The molecule has 0 radical (unpaired) electrons. The SMILES string of the molecule is CC1CCC(C(N)=O)CN1c1cc(Cl)ccc1CO. The van der Waals surface area contributed by atoms with Crippen molar-refractivity contribution in [2.45, 2.75) is 32.4 Å². The lowest BCUT2D eigenvalue weighted by atomic mass is 9.92. The van der Waals surface area contributed by atoms with E-state index in [4.69, 9.17) is 17.3 Å². The van der Waals surface area contributed by atoms with Gasteiger partial charge in [-0.05, 0) is 31.9 Å². The van der Waals surface area contributed by atoms with Gasteiger partial charge in [-0.1, -0.05) is 17.7 Å². The Bertz CT molecular complexity index is 479. The standard InChI is InChI=1S/C14H19ClN2O2/c1-9-2-3-10(14(16)19)7-17(9)13-6-12(15)5-4-11(13)8-18/h4-6,9-10,18H,2-3,7-8H2,1H3,(H2,16,19). The maximum atomic E-state index is 11.4. The van der Waals surface area contributed by atoms with Crippen molar-refractivity contribution >= 4 is 23.2 Å². The van der Waals surface area contributed by atoms with E-state index in [2.05, 4.69) is 11.8 Å². The van der Waals surface area contributed by atoms with Crippen LogP contribution in [0.3, 0.4) is 0 Å². The van der Waals surface area contributed by atoms with Crippen molar-refractivity contribution in [2.75, 3.05) is 11.4 Å². The van der Waals surface area contributed by atoms with Gasteiger partial charge < -0.3 is 15.7 Å². The molecule has 2 rings (SSSR count). The molecule has 1 aliphatic heterocycles. The summed E-state index contributed by atoms with van der Waals surface area (Å²) in [4.78, 5) is 13.5. The van der Waals surface area contributed by atoms with Crippen LogP contribution in [-0.4, -0.2) is 23.6 Å². The Balaban J connectivity index is 2.32. The van der Waals surface area contributed by atoms with Crippen LogP contribution in [0.2, 0.25) is 5.02 Å². The molecule has 0 bridgehead atoms. The van der Waals surface area contributed by atoms with Crippen LogP contribution in [0.25, 0.3) is 0 Å². The molecule has 104 valence electrons. The quantitative estimate of drug-likeness (QED) is 0.890. The van der Waals surface area contributed by atoms with Crippen molar-refractivity contribution in [3.63, 3.8) is 0 Å². The number of carbonyl (C=O) groups excluding carboxylic acids is 1. The molecule has 1 aromatic rings. The average Bonchev–Trinajstić information content (AvgIpc) is 2.39. The summed E-state index contributed by atoms with van der Waals surface area (Å²) in [5.41, 5.74) is 7.13. The highest BCUT2D eigenvalue weighted by atomic mass is 35.5. The van der Waals surface area contributed by atoms with Gasteiger partial charge in [-0.2, -0.15) is 0 Å². The summed E-state index contributed by atoms with van der Waals surface area (Å²) in [6.45, 7) is 2.65. The van der Waals surface area contributed by atoms with Crippen LogP contribution in [0.1, 0.15) is 25.3 Å². The van der Waals surface area contributed by atoms with Gasteiger partial charge in [0.1, 0.15) is 0 Å². The van der Waals surface area contributed by atoms with Gasteiger partial charge in [0.25, 0.3) is 0 Å². The van der Waals surface area contributed by atoms with Gasteiger partial charge in [0, 0.05) is 28.9 Å². The summed E-state index contributed by atoms with van der Waals surface area (Å²) < 4.78 is 0. The number of halogens is 1. The number of carbonyl (C=O) groups is 1. The third kappa shape index (κ3) is 3.01. The van der Waals surface area contributed by atoms with Gasteiger partial charge in [-0.25, -0.2) is 0 Å². The Labute approximate surface area is 118 Å². The largest absolute Gasteiger partial charge is 0.392 e. The van der Waals surface area contributed by atoms with Crippen molar-refractivity contribution in [3.8, 4) is 0 Å². The third-order valence-corrected chi connectivity index (χ3v) is 4.05. The molecule has 2 unspecified atom stereocenters. The van der Waals surface area contributed by atoms with E-state index >= 15 is 0 Å². The van der Waals surface area contributed by atoms with Crippen molar-refractivity contribution < 1.29 is 9.90 Å². The highest BCUT2D eigenvalue weighted by molar-refractivity contribution is 6.30. The molecule has 1 fully saturated rings. The van der Waals surface area contributed by atoms with E-state index in [1.807, 2.05) is 12.1 Å². The van der Waals surface area contributed by atoms with E-state index in [9.17, 15) is 9.90 Å². The number of primary amides is 1. The molecule has 0 saturated carbocycles. The summed E-state index contributed by atoms with van der Waals surface area (Å²) in [7, 11) is 0. The Morgan fingerprint density at radius 1 is 1.53 bits per heavy atom.